The number of nitrogens with zero attached hydrogens (tertiary/aromatic N) is 1. The molecule has 1 heterocycles. The number of rotatable bonds is 5. The molecule has 1 unspecified atom stereocenters. The fourth-order valence-corrected chi connectivity index (χ4v) is 2.07. The molecule has 3 heteroatoms. The van der Waals surface area contributed by atoms with Gasteiger partial charge in [-0.1, -0.05) is 32.0 Å². The Morgan fingerprint density at radius 1 is 1.32 bits per heavy atom. The van der Waals surface area contributed by atoms with Crippen molar-refractivity contribution < 1.29 is 5.11 Å². The molecule has 1 atom stereocenters. The molecule has 2 N–H and O–H groups in total. The van der Waals surface area contributed by atoms with Gasteiger partial charge in [-0.15, -0.1) is 0 Å². The van der Waals surface area contributed by atoms with Crippen molar-refractivity contribution in [3.63, 3.8) is 0 Å². The molecule has 0 fully saturated rings. The Bertz CT molecular complexity index is 549. The Morgan fingerprint density at radius 2 is 2.05 bits per heavy atom. The fourth-order valence-electron chi connectivity index (χ4n) is 2.07. The van der Waals surface area contributed by atoms with E-state index >= 15 is 0 Å². The van der Waals surface area contributed by atoms with E-state index in [4.69, 9.17) is 0 Å². The van der Waals surface area contributed by atoms with Crippen molar-refractivity contribution in [2.24, 2.45) is 5.92 Å². The monoisotopic (exact) mass is 258 g/mol. The largest absolute Gasteiger partial charge is 0.384 e. The van der Waals surface area contributed by atoms with Gasteiger partial charge in [0, 0.05) is 23.7 Å². The molecule has 0 saturated heterocycles. The van der Waals surface area contributed by atoms with Crippen molar-refractivity contribution in [2.75, 3.05) is 13.1 Å². The van der Waals surface area contributed by atoms with Gasteiger partial charge in [0.25, 0.3) is 0 Å². The molecule has 1 aromatic heterocycles. The van der Waals surface area contributed by atoms with Crippen molar-refractivity contribution >= 4 is 10.9 Å². The Morgan fingerprint density at radius 3 is 2.79 bits per heavy atom. The number of hydrogen-bond donors (Lipinski definition) is 2. The van der Waals surface area contributed by atoms with Crippen molar-refractivity contribution in [1.29, 1.82) is 0 Å². The molecule has 0 spiro atoms. The summed E-state index contributed by atoms with van der Waals surface area (Å²) >= 11 is 0. The van der Waals surface area contributed by atoms with Gasteiger partial charge in [-0.25, -0.2) is 0 Å². The van der Waals surface area contributed by atoms with Crippen LogP contribution in [-0.4, -0.2) is 23.2 Å². The Labute approximate surface area is 114 Å². The van der Waals surface area contributed by atoms with Crippen LogP contribution in [0, 0.1) is 5.92 Å². The average molecular weight is 258 g/mol. The lowest BCUT2D eigenvalue weighted by molar-refractivity contribution is 0.0562. The summed E-state index contributed by atoms with van der Waals surface area (Å²) in [5.41, 5.74) is 0.908. The van der Waals surface area contributed by atoms with Crippen molar-refractivity contribution in [3.8, 4) is 0 Å². The summed E-state index contributed by atoms with van der Waals surface area (Å²) in [6.45, 7) is 7.56. The van der Waals surface area contributed by atoms with Gasteiger partial charge in [0.15, 0.2) is 0 Å². The molecular weight excluding hydrogens is 236 g/mol. The summed E-state index contributed by atoms with van der Waals surface area (Å²) in [6.07, 6.45) is 1.76. The van der Waals surface area contributed by atoms with E-state index in [-0.39, 0.29) is 0 Å². The van der Waals surface area contributed by atoms with E-state index in [0.29, 0.717) is 12.5 Å². The van der Waals surface area contributed by atoms with Crippen LogP contribution in [0.5, 0.6) is 0 Å². The van der Waals surface area contributed by atoms with Crippen LogP contribution in [0.2, 0.25) is 0 Å². The molecule has 0 aliphatic heterocycles. The first-order chi connectivity index (χ1) is 8.99. The van der Waals surface area contributed by atoms with Gasteiger partial charge in [0.05, 0.1) is 5.52 Å². The molecule has 0 radical (unpaired) electrons. The highest BCUT2D eigenvalue weighted by atomic mass is 16.3. The van der Waals surface area contributed by atoms with E-state index in [1.165, 1.54) is 0 Å². The Kier molecular flexibility index (Phi) is 4.17. The summed E-state index contributed by atoms with van der Waals surface area (Å²) in [6, 6.07) is 9.96. The number of nitrogens with one attached hydrogen (secondary N) is 1. The molecule has 0 aliphatic rings. The lowest BCUT2D eigenvalue weighted by atomic mass is 9.96. The molecule has 0 bridgehead atoms. The number of benzene rings is 1. The summed E-state index contributed by atoms with van der Waals surface area (Å²) in [5, 5.41) is 14.9. The van der Waals surface area contributed by atoms with Crippen LogP contribution in [0.25, 0.3) is 10.9 Å². The second kappa shape index (κ2) is 5.68. The highest BCUT2D eigenvalue weighted by Crippen LogP contribution is 2.22. The lowest BCUT2D eigenvalue weighted by Gasteiger charge is -2.25. The predicted molar refractivity (Wildman–Crippen MR) is 79.0 cm³/mol. The van der Waals surface area contributed by atoms with Crippen molar-refractivity contribution in [3.05, 3.63) is 42.1 Å². The van der Waals surface area contributed by atoms with Gasteiger partial charge >= 0.3 is 0 Å². The number of fused-ring (bicyclic) bond motifs is 1. The third-order valence-corrected chi connectivity index (χ3v) is 3.23. The summed E-state index contributed by atoms with van der Waals surface area (Å²) < 4.78 is 0. The van der Waals surface area contributed by atoms with Crippen molar-refractivity contribution in [1.82, 2.24) is 10.3 Å². The van der Waals surface area contributed by atoms with Crippen LogP contribution in [0.15, 0.2) is 36.5 Å². The normalized spacial score (nSPS) is 14.8. The first-order valence-electron chi connectivity index (χ1n) is 6.77. The topological polar surface area (TPSA) is 45.1 Å². The number of aromatic nitrogens is 1. The number of para-hydroxylation sites is 1. The predicted octanol–water partition coefficient (Wildman–Crippen LogP) is 2.69. The molecule has 3 nitrogen and oxygen atoms in total. The summed E-state index contributed by atoms with van der Waals surface area (Å²) in [7, 11) is 0. The second-order valence-corrected chi connectivity index (χ2v) is 5.72. The zero-order valence-electron chi connectivity index (χ0n) is 11.9. The van der Waals surface area contributed by atoms with Gasteiger partial charge in [-0.2, -0.15) is 0 Å². The second-order valence-electron chi connectivity index (χ2n) is 5.72. The lowest BCUT2D eigenvalue weighted by Crippen LogP contribution is -2.37. The molecule has 0 amide bonds. The summed E-state index contributed by atoms with van der Waals surface area (Å²) in [5.74, 6) is 0.575. The standard InChI is InChI=1S/C16H22N2O/c1-12(2)9-17-11-16(3,19)14-8-13-6-4-5-7-15(13)18-10-14/h4-8,10,12,17,19H,9,11H2,1-3H3. The van der Waals surface area contributed by atoms with Crippen LogP contribution in [0.3, 0.4) is 0 Å². The van der Waals surface area contributed by atoms with E-state index < -0.39 is 5.60 Å². The quantitative estimate of drug-likeness (QED) is 0.866. The molecule has 102 valence electrons. The minimum absolute atomic E-state index is 0.533. The number of aliphatic hydroxyl groups is 1. The van der Waals surface area contributed by atoms with E-state index in [2.05, 4.69) is 24.1 Å². The SMILES string of the molecule is CC(C)CNCC(C)(O)c1cnc2ccccc2c1. The van der Waals surface area contributed by atoms with Crippen LogP contribution in [0.4, 0.5) is 0 Å². The van der Waals surface area contributed by atoms with Gasteiger partial charge in [-0.05, 0) is 31.5 Å². The molecule has 2 rings (SSSR count). The number of hydrogen-bond acceptors (Lipinski definition) is 3. The van der Waals surface area contributed by atoms with E-state index in [1.807, 2.05) is 37.3 Å². The number of pyridine rings is 1. The van der Waals surface area contributed by atoms with E-state index in [1.54, 1.807) is 6.20 Å². The molecule has 0 saturated carbocycles. The minimum atomic E-state index is -0.897. The first-order valence-corrected chi connectivity index (χ1v) is 6.77. The van der Waals surface area contributed by atoms with Gasteiger partial charge in [0.1, 0.15) is 5.60 Å². The Hall–Kier alpha value is -1.45. The fraction of sp³-hybridized carbons (Fsp3) is 0.438. The maximum atomic E-state index is 10.6. The first kappa shape index (κ1) is 14.0. The van der Waals surface area contributed by atoms with Crippen molar-refractivity contribution in [2.45, 2.75) is 26.4 Å². The third-order valence-electron chi connectivity index (χ3n) is 3.23. The summed E-state index contributed by atoms with van der Waals surface area (Å²) in [4.78, 5) is 4.40. The molecule has 19 heavy (non-hydrogen) atoms. The Balaban J connectivity index is 2.17. The highest BCUT2D eigenvalue weighted by Gasteiger charge is 2.23. The van der Waals surface area contributed by atoms with Gasteiger partial charge in [0.2, 0.25) is 0 Å². The van der Waals surface area contributed by atoms with Gasteiger partial charge < -0.3 is 10.4 Å². The third kappa shape index (κ3) is 3.52. The molecule has 0 aliphatic carbocycles. The average Bonchev–Trinajstić information content (AvgIpc) is 2.37. The van der Waals surface area contributed by atoms with Crippen LogP contribution in [0.1, 0.15) is 26.3 Å². The zero-order chi connectivity index (χ0) is 13.9. The van der Waals surface area contributed by atoms with E-state index in [9.17, 15) is 5.11 Å². The molecule has 2 aromatic rings. The van der Waals surface area contributed by atoms with Gasteiger partial charge in [-0.3, -0.25) is 4.98 Å². The smallest absolute Gasteiger partial charge is 0.101 e. The molecule has 1 aromatic carbocycles. The van der Waals surface area contributed by atoms with Crippen LogP contribution >= 0.6 is 0 Å². The zero-order valence-corrected chi connectivity index (χ0v) is 11.9. The minimum Gasteiger partial charge on any atom is -0.384 e. The highest BCUT2D eigenvalue weighted by molar-refractivity contribution is 5.78. The van der Waals surface area contributed by atoms with E-state index in [0.717, 1.165) is 23.0 Å². The van der Waals surface area contributed by atoms with Crippen LogP contribution < -0.4 is 5.32 Å². The maximum Gasteiger partial charge on any atom is 0.101 e. The van der Waals surface area contributed by atoms with Crippen LogP contribution in [-0.2, 0) is 5.60 Å². The molecular formula is C16H22N2O. The maximum absolute atomic E-state index is 10.6.